The van der Waals surface area contributed by atoms with Crippen molar-refractivity contribution in [1.82, 2.24) is 24.9 Å². The predicted molar refractivity (Wildman–Crippen MR) is 111 cm³/mol. The minimum atomic E-state index is 0.0565. The SMILES string of the molecule is Cc1ccnc2ccc(C(=O)N3CC[C@H](n4cc(-c5ccccc5)nn4)C3)cc12. The summed E-state index contributed by atoms with van der Waals surface area (Å²) in [5.74, 6) is 0.0565. The normalized spacial score (nSPS) is 16.4. The Morgan fingerprint density at radius 1 is 1.10 bits per heavy atom. The van der Waals surface area contributed by atoms with Crippen LogP contribution in [0.4, 0.5) is 0 Å². The van der Waals surface area contributed by atoms with E-state index in [9.17, 15) is 4.79 Å². The molecule has 2 aromatic heterocycles. The Bertz CT molecular complexity index is 1180. The molecule has 0 unspecified atom stereocenters. The fourth-order valence-electron chi connectivity index (χ4n) is 3.94. The fourth-order valence-corrected chi connectivity index (χ4v) is 3.94. The highest BCUT2D eigenvalue weighted by molar-refractivity contribution is 5.98. The number of rotatable bonds is 3. The van der Waals surface area contributed by atoms with E-state index in [2.05, 4.69) is 15.3 Å². The van der Waals surface area contributed by atoms with Crippen molar-refractivity contribution in [3.05, 3.63) is 78.1 Å². The largest absolute Gasteiger partial charge is 0.336 e. The number of carbonyl (C=O) groups is 1. The Kier molecular flexibility index (Phi) is 4.31. The van der Waals surface area contributed by atoms with Crippen molar-refractivity contribution in [3.63, 3.8) is 0 Å². The van der Waals surface area contributed by atoms with Crippen LogP contribution in [-0.2, 0) is 0 Å². The van der Waals surface area contributed by atoms with E-state index in [1.54, 1.807) is 6.20 Å². The van der Waals surface area contributed by atoms with Crippen LogP contribution >= 0.6 is 0 Å². The Morgan fingerprint density at radius 2 is 1.97 bits per heavy atom. The molecule has 1 aliphatic heterocycles. The second-order valence-corrected chi connectivity index (χ2v) is 7.50. The number of aromatic nitrogens is 4. The number of pyridine rings is 1. The molecule has 0 aliphatic carbocycles. The lowest BCUT2D eigenvalue weighted by Gasteiger charge is -2.17. The summed E-state index contributed by atoms with van der Waals surface area (Å²) in [4.78, 5) is 19.3. The first-order chi connectivity index (χ1) is 14.2. The smallest absolute Gasteiger partial charge is 0.253 e. The summed E-state index contributed by atoms with van der Waals surface area (Å²) < 4.78 is 1.89. The minimum absolute atomic E-state index is 0.0565. The number of likely N-dealkylation sites (tertiary alicyclic amines) is 1. The van der Waals surface area contributed by atoms with E-state index < -0.39 is 0 Å². The van der Waals surface area contributed by atoms with Crippen LogP contribution in [0, 0.1) is 6.92 Å². The molecule has 6 nitrogen and oxygen atoms in total. The number of hydrogen-bond donors (Lipinski definition) is 0. The number of aryl methyl sites for hydroxylation is 1. The molecule has 0 spiro atoms. The van der Waals surface area contributed by atoms with Crippen LogP contribution in [0.1, 0.15) is 28.4 Å². The van der Waals surface area contributed by atoms with Crippen LogP contribution in [0.5, 0.6) is 0 Å². The standard InChI is InChI=1S/C23H21N5O/c1-16-9-11-24-21-8-7-18(13-20(16)21)23(29)27-12-10-19(14-27)28-15-22(25-26-28)17-5-3-2-4-6-17/h2-9,11,13,15,19H,10,12,14H2,1H3/t19-/m0/s1. The molecule has 1 amide bonds. The van der Waals surface area contributed by atoms with Crippen molar-refractivity contribution < 1.29 is 4.79 Å². The molecule has 1 atom stereocenters. The van der Waals surface area contributed by atoms with E-state index >= 15 is 0 Å². The van der Waals surface area contributed by atoms with E-state index in [1.807, 2.05) is 77.3 Å². The number of hydrogen-bond acceptors (Lipinski definition) is 4. The van der Waals surface area contributed by atoms with Gasteiger partial charge in [0.2, 0.25) is 0 Å². The van der Waals surface area contributed by atoms with Gasteiger partial charge in [-0.3, -0.25) is 9.78 Å². The second kappa shape index (κ2) is 7.13. The zero-order valence-corrected chi connectivity index (χ0v) is 16.2. The summed E-state index contributed by atoms with van der Waals surface area (Å²) in [7, 11) is 0. The third-order valence-corrected chi connectivity index (χ3v) is 5.61. The molecule has 144 valence electrons. The van der Waals surface area contributed by atoms with Crippen molar-refractivity contribution in [2.24, 2.45) is 0 Å². The van der Waals surface area contributed by atoms with Gasteiger partial charge in [-0.15, -0.1) is 5.10 Å². The Balaban J connectivity index is 1.34. The highest BCUT2D eigenvalue weighted by Crippen LogP contribution is 2.26. The molecule has 5 rings (SSSR count). The molecule has 1 aliphatic rings. The number of carbonyl (C=O) groups excluding carboxylic acids is 1. The first-order valence-electron chi connectivity index (χ1n) is 9.81. The summed E-state index contributed by atoms with van der Waals surface area (Å²) in [5.41, 5.74) is 4.65. The van der Waals surface area contributed by atoms with Crippen LogP contribution in [0.3, 0.4) is 0 Å². The lowest BCUT2D eigenvalue weighted by atomic mass is 10.1. The minimum Gasteiger partial charge on any atom is -0.336 e. The quantitative estimate of drug-likeness (QED) is 0.538. The molecule has 0 radical (unpaired) electrons. The zero-order chi connectivity index (χ0) is 19.8. The van der Waals surface area contributed by atoms with Gasteiger partial charge in [0.15, 0.2) is 0 Å². The maximum absolute atomic E-state index is 13.1. The van der Waals surface area contributed by atoms with Crippen molar-refractivity contribution in [3.8, 4) is 11.3 Å². The van der Waals surface area contributed by atoms with Crippen molar-refractivity contribution in [2.75, 3.05) is 13.1 Å². The lowest BCUT2D eigenvalue weighted by Crippen LogP contribution is -2.29. The third kappa shape index (κ3) is 3.27. The van der Waals surface area contributed by atoms with E-state index in [-0.39, 0.29) is 11.9 Å². The lowest BCUT2D eigenvalue weighted by molar-refractivity contribution is 0.0787. The number of benzene rings is 2. The average molecular weight is 383 g/mol. The van der Waals surface area contributed by atoms with Gasteiger partial charge in [0.05, 0.1) is 17.8 Å². The van der Waals surface area contributed by atoms with E-state index in [1.165, 1.54) is 0 Å². The molecule has 2 aromatic carbocycles. The van der Waals surface area contributed by atoms with Gasteiger partial charge in [0.1, 0.15) is 5.69 Å². The van der Waals surface area contributed by atoms with E-state index in [0.717, 1.165) is 34.1 Å². The van der Waals surface area contributed by atoms with Gasteiger partial charge < -0.3 is 4.90 Å². The molecule has 0 N–H and O–H groups in total. The molecule has 1 saturated heterocycles. The van der Waals surface area contributed by atoms with Gasteiger partial charge in [-0.1, -0.05) is 35.5 Å². The summed E-state index contributed by atoms with van der Waals surface area (Å²) >= 11 is 0. The molecular formula is C23H21N5O. The molecule has 6 heteroatoms. The zero-order valence-electron chi connectivity index (χ0n) is 16.2. The molecule has 3 heterocycles. The topological polar surface area (TPSA) is 63.9 Å². The third-order valence-electron chi connectivity index (χ3n) is 5.61. The molecule has 1 fully saturated rings. The van der Waals surface area contributed by atoms with Crippen molar-refractivity contribution >= 4 is 16.8 Å². The van der Waals surface area contributed by atoms with Gasteiger partial charge in [-0.05, 0) is 43.2 Å². The second-order valence-electron chi connectivity index (χ2n) is 7.50. The highest BCUT2D eigenvalue weighted by atomic mass is 16.2. The van der Waals surface area contributed by atoms with Gasteiger partial charge in [0.25, 0.3) is 5.91 Å². The van der Waals surface area contributed by atoms with Crippen LogP contribution in [0.2, 0.25) is 0 Å². The van der Waals surface area contributed by atoms with E-state index in [4.69, 9.17) is 0 Å². The molecule has 4 aromatic rings. The summed E-state index contributed by atoms with van der Waals surface area (Å²) in [6.45, 7) is 3.40. The number of nitrogens with zero attached hydrogens (tertiary/aromatic N) is 5. The monoisotopic (exact) mass is 383 g/mol. The van der Waals surface area contributed by atoms with Gasteiger partial charge in [-0.25, -0.2) is 4.68 Å². The highest BCUT2D eigenvalue weighted by Gasteiger charge is 2.29. The molecule has 29 heavy (non-hydrogen) atoms. The van der Waals surface area contributed by atoms with Crippen LogP contribution in [0.25, 0.3) is 22.2 Å². The van der Waals surface area contributed by atoms with Crippen molar-refractivity contribution in [2.45, 2.75) is 19.4 Å². The van der Waals surface area contributed by atoms with Crippen LogP contribution in [-0.4, -0.2) is 43.9 Å². The number of fused-ring (bicyclic) bond motifs is 1. The molecule has 0 bridgehead atoms. The predicted octanol–water partition coefficient (Wildman–Crippen LogP) is 3.89. The van der Waals surface area contributed by atoms with Gasteiger partial charge in [-0.2, -0.15) is 0 Å². The summed E-state index contributed by atoms with van der Waals surface area (Å²) in [6.07, 6.45) is 4.64. The number of amides is 1. The maximum Gasteiger partial charge on any atom is 0.253 e. The van der Waals surface area contributed by atoms with Gasteiger partial charge in [0, 0.05) is 35.8 Å². The van der Waals surface area contributed by atoms with Gasteiger partial charge >= 0.3 is 0 Å². The first kappa shape index (κ1) is 17.6. The molecule has 0 saturated carbocycles. The van der Waals surface area contributed by atoms with Crippen LogP contribution in [0.15, 0.2) is 67.0 Å². The Labute approximate surface area is 168 Å². The van der Waals surface area contributed by atoms with Crippen LogP contribution < -0.4 is 0 Å². The fraction of sp³-hybridized carbons (Fsp3) is 0.217. The Morgan fingerprint density at radius 3 is 2.83 bits per heavy atom. The van der Waals surface area contributed by atoms with E-state index in [0.29, 0.717) is 18.7 Å². The summed E-state index contributed by atoms with van der Waals surface area (Å²) in [6, 6.07) is 17.9. The van der Waals surface area contributed by atoms with Crippen molar-refractivity contribution in [1.29, 1.82) is 0 Å². The summed E-state index contributed by atoms with van der Waals surface area (Å²) in [5, 5.41) is 9.65. The molecular weight excluding hydrogens is 362 g/mol. The first-order valence-corrected chi connectivity index (χ1v) is 9.81. The Hall–Kier alpha value is -3.54. The maximum atomic E-state index is 13.1. The average Bonchev–Trinajstić information content (AvgIpc) is 3.44.